The molecule has 0 fully saturated rings. The van der Waals surface area contributed by atoms with Gasteiger partial charge in [-0.05, 0) is 47.2 Å². The molecule has 0 unspecified atom stereocenters. The van der Waals surface area contributed by atoms with Crippen LogP contribution in [0.2, 0.25) is 0 Å². The highest BCUT2D eigenvalue weighted by molar-refractivity contribution is 6.01. The molecular weight excluding hydrogens is 386 g/mol. The van der Waals surface area contributed by atoms with Gasteiger partial charge in [0.15, 0.2) is 0 Å². The van der Waals surface area contributed by atoms with Crippen LogP contribution >= 0.6 is 0 Å². The second-order valence-corrected chi connectivity index (χ2v) is 6.42. The summed E-state index contributed by atoms with van der Waals surface area (Å²) in [6.45, 7) is 0. The van der Waals surface area contributed by atoms with Crippen LogP contribution in [0, 0.1) is 10.1 Å². The molecule has 0 aliphatic carbocycles. The summed E-state index contributed by atoms with van der Waals surface area (Å²) in [6, 6.07) is 19.8. The standard InChI is InChI=1S/C22H15N3O5/c26-20-12-16-4-2-1-3-15(16)11-19(20)22(27)24-23-13-18-9-10-21(30-18)14-5-7-17(8-6-14)25(28)29/h1-13,26H,(H,24,27). The lowest BCUT2D eigenvalue weighted by Gasteiger charge is -2.05. The Morgan fingerprint density at radius 1 is 1.03 bits per heavy atom. The summed E-state index contributed by atoms with van der Waals surface area (Å²) in [6.07, 6.45) is 1.32. The number of aromatic hydroxyl groups is 1. The number of non-ortho nitro benzene ring substituents is 1. The molecule has 0 saturated carbocycles. The summed E-state index contributed by atoms with van der Waals surface area (Å²) in [5.41, 5.74) is 3.13. The SMILES string of the molecule is O=C(NN=Cc1ccc(-c2ccc([N+](=O)[O-])cc2)o1)c1cc2ccccc2cc1O. The van der Waals surface area contributed by atoms with Gasteiger partial charge in [0.25, 0.3) is 11.6 Å². The fourth-order valence-electron chi connectivity index (χ4n) is 2.95. The molecule has 1 amide bonds. The van der Waals surface area contributed by atoms with E-state index in [1.165, 1.54) is 24.4 Å². The van der Waals surface area contributed by atoms with Crippen LogP contribution < -0.4 is 5.43 Å². The fourth-order valence-corrected chi connectivity index (χ4v) is 2.95. The molecule has 148 valence electrons. The number of rotatable bonds is 5. The maximum absolute atomic E-state index is 12.3. The molecule has 0 aliphatic heterocycles. The number of phenols is 1. The predicted octanol–water partition coefficient (Wildman–Crippen LogP) is 4.48. The van der Waals surface area contributed by atoms with Crippen molar-refractivity contribution in [3.8, 4) is 17.1 Å². The van der Waals surface area contributed by atoms with Gasteiger partial charge < -0.3 is 9.52 Å². The summed E-state index contributed by atoms with van der Waals surface area (Å²) in [5, 5.41) is 26.3. The number of nitrogens with one attached hydrogen (secondary N) is 1. The van der Waals surface area contributed by atoms with E-state index in [2.05, 4.69) is 10.5 Å². The molecule has 0 bridgehead atoms. The largest absolute Gasteiger partial charge is 0.507 e. The van der Waals surface area contributed by atoms with Crippen LogP contribution in [-0.2, 0) is 0 Å². The highest BCUT2D eigenvalue weighted by Gasteiger charge is 2.12. The van der Waals surface area contributed by atoms with Gasteiger partial charge in [-0.15, -0.1) is 0 Å². The Labute approximate surface area is 170 Å². The van der Waals surface area contributed by atoms with E-state index in [1.54, 1.807) is 30.3 Å². The van der Waals surface area contributed by atoms with Crippen molar-refractivity contribution in [3.63, 3.8) is 0 Å². The molecule has 8 heteroatoms. The Kier molecular flexibility index (Phi) is 4.96. The van der Waals surface area contributed by atoms with Crippen LogP contribution in [0.15, 0.2) is 82.3 Å². The third-order valence-corrected chi connectivity index (χ3v) is 4.46. The van der Waals surface area contributed by atoms with Crippen molar-refractivity contribution in [2.45, 2.75) is 0 Å². The quantitative estimate of drug-likeness (QED) is 0.290. The van der Waals surface area contributed by atoms with Gasteiger partial charge in [-0.25, -0.2) is 5.43 Å². The molecule has 1 aromatic heterocycles. The molecule has 30 heavy (non-hydrogen) atoms. The maximum Gasteiger partial charge on any atom is 0.275 e. The van der Waals surface area contributed by atoms with E-state index in [9.17, 15) is 20.0 Å². The number of carbonyl (C=O) groups is 1. The average molecular weight is 401 g/mol. The van der Waals surface area contributed by atoms with E-state index >= 15 is 0 Å². The van der Waals surface area contributed by atoms with Crippen LogP contribution in [0.1, 0.15) is 16.1 Å². The Hall–Kier alpha value is -4.46. The summed E-state index contributed by atoms with van der Waals surface area (Å²) in [4.78, 5) is 22.6. The number of nitro groups is 1. The van der Waals surface area contributed by atoms with Gasteiger partial charge in [-0.3, -0.25) is 14.9 Å². The number of fused-ring (bicyclic) bond motifs is 1. The number of amides is 1. The molecule has 0 saturated heterocycles. The Balaban J connectivity index is 1.45. The molecular formula is C22H15N3O5. The second-order valence-electron chi connectivity index (χ2n) is 6.42. The van der Waals surface area contributed by atoms with Crippen LogP contribution in [-0.4, -0.2) is 22.2 Å². The van der Waals surface area contributed by atoms with Crippen LogP contribution in [0.5, 0.6) is 5.75 Å². The number of nitrogens with zero attached hydrogens (tertiary/aromatic N) is 2. The molecule has 0 spiro atoms. The first kappa shape index (κ1) is 18.9. The Morgan fingerprint density at radius 3 is 2.43 bits per heavy atom. The minimum absolute atomic E-state index is 0.00764. The normalized spacial score (nSPS) is 11.1. The van der Waals surface area contributed by atoms with Gasteiger partial charge in [0.1, 0.15) is 17.3 Å². The zero-order valence-corrected chi connectivity index (χ0v) is 15.5. The van der Waals surface area contributed by atoms with Crippen LogP contribution in [0.25, 0.3) is 22.1 Å². The van der Waals surface area contributed by atoms with Gasteiger partial charge in [-0.1, -0.05) is 24.3 Å². The molecule has 2 N–H and O–H groups in total. The lowest BCUT2D eigenvalue weighted by Crippen LogP contribution is -2.17. The minimum Gasteiger partial charge on any atom is -0.507 e. The van der Waals surface area contributed by atoms with Gasteiger partial charge in [0.2, 0.25) is 0 Å². The zero-order chi connectivity index (χ0) is 21.1. The number of nitro benzene ring substituents is 1. The number of phenolic OH excluding ortho intramolecular Hbond substituents is 1. The van der Waals surface area contributed by atoms with Crippen molar-refractivity contribution in [1.29, 1.82) is 0 Å². The van der Waals surface area contributed by atoms with E-state index in [-0.39, 0.29) is 17.0 Å². The number of furan rings is 1. The van der Waals surface area contributed by atoms with E-state index in [0.29, 0.717) is 17.1 Å². The lowest BCUT2D eigenvalue weighted by molar-refractivity contribution is -0.384. The molecule has 1 heterocycles. The van der Waals surface area contributed by atoms with E-state index in [4.69, 9.17) is 4.42 Å². The highest BCUT2D eigenvalue weighted by atomic mass is 16.6. The first-order valence-corrected chi connectivity index (χ1v) is 8.91. The molecule has 4 rings (SSSR count). The minimum atomic E-state index is -0.559. The number of carbonyl (C=O) groups excluding carboxylic acids is 1. The van der Waals surface area contributed by atoms with Crippen molar-refractivity contribution in [3.05, 3.63) is 94.2 Å². The van der Waals surface area contributed by atoms with E-state index < -0.39 is 10.8 Å². The first-order valence-electron chi connectivity index (χ1n) is 8.91. The van der Waals surface area contributed by atoms with Gasteiger partial charge in [0, 0.05) is 17.7 Å². The van der Waals surface area contributed by atoms with Crippen molar-refractivity contribution in [2.24, 2.45) is 5.10 Å². The van der Waals surface area contributed by atoms with Crippen molar-refractivity contribution in [2.75, 3.05) is 0 Å². The zero-order valence-electron chi connectivity index (χ0n) is 15.5. The third-order valence-electron chi connectivity index (χ3n) is 4.46. The summed E-state index contributed by atoms with van der Waals surface area (Å²) in [7, 11) is 0. The molecule has 0 aliphatic rings. The lowest BCUT2D eigenvalue weighted by atomic mass is 10.1. The smallest absolute Gasteiger partial charge is 0.275 e. The highest BCUT2D eigenvalue weighted by Crippen LogP contribution is 2.25. The number of benzene rings is 3. The molecule has 0 atom stereocenters. The third kappa shape index (κ3) is 3.88. The monoisotopic (exact) mass is 401 g/mol. The van der Waals surface area contributed by atoms with E-state index in [1.807, 2.05) is 24.3 Å². The average Bonchev–Trinajstić information content (AvgIpc) is 3.22. The fraction of sp³-hybridized carbons (Fsp3) is 0. The maximum atomic E-state index is 12.3. The van der Waals surface area contributed by atoms with Crippen LogP contribution in [0.4, 0.5) is 5.69 Å². The van der Waals surface area contributed by atoms with Gasteiger partial charge >= 0.3 is 0 Å². The first-order chi connectivity index (χ1) is 14.5. The molecule has 3 aromatic carbocycles. The predicted molar refractivity (Wildman–Crippen MR) is 111 cm³/mol. The Bertz CT molecular complexity index is 1280. The van der Waals surface area contributed by atoms with Crippen molar-refractivity contribution < 1.29 is 19.2 Å². The number of hydrogen-bond acceptors (Lipinski definition) is 6. The summed E-state index contributed by atoms with van der Waals surface area (Å²) < 4.78 is 5.62. The topological polar surface area (TPSA) is 118 Å². The van der Waals surface area contributed by atoms with Crippen LogP contribution in [0.3, 0.4) is 0 Å². The van der Waals surface area contributed by atoms with Gasteiger partial charge in [-0.2, -0.15) is 5.10 Å². The van der Waals surface area contributed by atoms with E-state index in [0.717, 1.165) is 10.8 Å². The van der Waals surface area contributed by atoms with Crippen molar-refractivity contribution >= 4 is 28.6 Å². The molecule has 8 nitrogen and oxygen atoms in total. The summed E-state index contributed by atoms with van der Waals surface area (Å²) >= 11 is 0. The number of hydrazone groups is 1. The molecule has 0 radical (unpaired) electrons. The molecule has 4 aromatic rings. The summed E-state index contributed by atoms with van der Waals surface area (Å²) in [5.74, 6) is 0.188. The Morgan fingerprint density at radius 2 is 1.73 bits per heavy atom. The van der Waals surface area contributed by atoms with Crippen molar-refractivity contribution in [1.82, 2.24) is 5.43 Å². The van der Waals surface area contributed by atoms with Gasteiger partial charge in [0.05, 0.1) is 16.7 Å². The second kappa shape index (κ2) is 7.88. The number of hydrogen-bond donors (Lipinski definition) is 2.